The van der Waals surface area contributed by atoms with Crippen LogP contribution in [0.5, 0.6) is 0 Å². The van der Waals surface area contributed by atoms with E-state index in [1.54, 1.807) is 17.5 Å². The number of nitrogens with zero attached hydrogens (tertiary/aromatic N) is 3. The third kappa shape index (κ3) is 2.77. The smallest absolute Gasteiger partial charge is 0.339 e. The number of hydrogen-bond donors (Lipinski definition) is 1. The molecule has 94 valence electrons. The van der Waals surface area contributed by atoms with Crippen LogP contribution >= 0.6 is 22.9 Å². The lowest BCUT2D eigenvalue weighted by molar-refractivity contribution is 0.0697. The fourth-order valence-corrected chi connectivity index (χ4v) is 2.21. The average molecular weight is 284 g/mol. The fraction of sp³-hybridized carbons (Fsp3) is 0.182. The van der Waals surface area contributed by atoms with Crippen molar-refractivity contribution in [1.29, 1.82) is 0 Å². The maximum absolute atomic E-state index is 11.1. The van der Waals surface area contributed by atoms with Crippen LogP contribution in [0.4, 0.5) is 5.82 Å². The van der Waals surface area contributed by atoms with Gasteiger partial charge in [0.15, 0.2) is 0 Å². The zero-order chi connectivity index (χ0) is 13.1. The van der Waals surface area contributed by atoms with Crippen LogP contribution in [0.15, 0.2) is 23.0 Å². The van der Waals surface area contributed by atoms with E-state index in [0.717, 1.165) is 5.69 Å². The lowest BCUT2D eigenvalue weighted by Gasteiger charge is -2.18. The minimum atomic E-state index is -1.03. The van der Waals surface area contributed by atoms with Crippen molar-refractivity contribution in [2.45, 2.75) is 6.54 Å². The molecular formula is C11H10ClN3O2S. The number of thiazole rings is 1. The molecule has 0 spiro atoms. The molecule has 0 aliphatic carbocycles. The van der Waals surface area contributed by atoms with E-state index in [9.17, 15) is 4.79 Å². The highest BCUT2D eigenvalue weighted by Crippen LogP contribution is 2.21. The number of aromatic carboxylic acids is 1. The Bertz CT molecular complexity index is 559. The van der Waals surface area contributed by atoms with Gasteiger partial charge in [-0.2, -0.15) is 0 Å². The highest BCUT2D eigenvalue weighted by Gasteiger charge is 2.16. The zero-order valence-corrected chi connectivity index (χ0v) is 11.1. The predicted molar refractivity (Wildman–Crippen MR) is 70.4 cm³/mol. The molecule has 0 fully saturated rings. The number of pyridine rings is 1. The van der Waals surface area contributed by atoms with Crippen LogP contribution in [0, 0.1) is 0 Å². The molecule has 0 aromatic carbocycles. The van der Waals surface area contributed by atoms with Gasteiger partial charge in [0.05, 0.1) is 17.7 Å². The summed E-state index contributed by atoms with van der Waals surface area (Å²) >= 11 is 7.29. The molecule has 0 radical (unpaired) electrons. The van der Waals surface area contributed by atoms with Gasteiger partial charge in [-0.05, 0) is 12.1 Å². The summed E-state index contributed by atoms with van der Waals surface area (Å²) in [5.74, 6) is -0.692. The lowest BCUT2D eigenvalue weighted by atomic mass is 10.2. The van der Waals surface area contributed by atoms with Crippen molar-refractivity contribution in [3.63, 3.8) is 0 Å². The van der Waals surface area contributed by atoms with E-state index < -0.39 is 5.97 Å². The number of anilines is 1. The summed E-state index contributed by atoms with van der Waals surface area (Å²) in [7, 11) is 1.75. The van der Waals surface area contributed by atoms with Gasteiger partial charge >= 0.3 is 5.97 Å². The molecule has 2 aromatic heterocycles. The summed E-state index contributed by atoms with van der Waals surface area (Å²) in [6.07, 6.45) is 0. The Morgan fingerprint density at radius 3 is 2.94 bits per heavy atom. The first-order valence-corrected chi connectivity index (χ1v) is 6.38. The van der Waals surface area contributed by atoms with Crippen LogP contribution in [0.2, 0.25) is 5.15 Å². The standard InChI is InChI=1S/C11H10ClN3O2S/c1-15(4-7-5-18-6-13-7)10-8(11(16)17)2-3-9(12)14-10/h2-3,5-6H,4H2,1H3,(H,16,17). The number of carboxylic acids is 1. The van der Waals surface area contributed by atoms with Crippen LogP contribution in [-0.2, 0) is 6.54 Å². The molecular weight excluding hydrogens is 274 g/mol. The van der Waals surface area contributed by atoms with Crippen LogP contribution in [0.3, 0.4) is 0 Å². The van der Waals surface area contributed by atoms with Crippen molar-refractivity contribution in [1.82, 2.24) is 9.97 Å². The van der Waals surface area contributed by atoms with E-state index in [0.29, 0.717) is 12.4 Å². The Balaban J connectivity index is 2.31. The minimum Gasteiger partial charge on any atom is -0.478 e. The molecule has 2 heterocycles. The molecule has 0 amide bonds. The number of rotatable bonds is 4. The van der Waals surface area contributed by atoms with Gasteiger partial charge in [0.1, 0.15) is 16.5 Å². The maximum Gasteiger partial charge on any atom is 0.339 e. The summed E-state index contributed by atoms with van der Waals surface area (Å²) in [4.78, 5) is 21.0. The Morgan fingerprint density at radius 1 is 1.56 bits per heavy atom. The van der Waals surface area contributed by atoms with Gasteiger partial charge in [0, 0.05) is 12.4 Å². The fourth-order valence-electron chi connectivity index (χ4n) is 1.52. The molecule has 0 saturated heterocycles. The molecule has 1 N–H and O–H groups in total. The second kappa shape index (κ2) is 5.32. The summed E-state index contributed by atoms with van der Waals surface area (Å²) < 4.78 is 0. The topological polar surface area (TPSA) is 66.3 Å². The highest BCUT2D eigenvalue weighted by atomic mass is 35.5. The third-order valence-electron chi connectivity index (χ3n) is 2.32. The Kier molecular flexibility index (Phi) is 3.78. The number of hydrogen-bond acceptors (Lipinski definition) is 5. The Labute approximate surface area is 113 Å². The molecule has 7 heteroatoms. The molecule has 0 bridgehead atoms. The number of carbonyl (C=O) groups is 1. The van der Waals surface area contributed by atoms with Gasteiger partial charge < -0.3 is 10.0 Å². The summed E-state index contributed by atoms with van der Waals surface area (Å²) in [5, 5.41) is 11.3. The number of carboxylic acid groups (broad SMARTS) is 1. The third-order valence-corrected chi connectivity index (χ3v) is 3.16. The quantitative estimate of drug-likeness (QED) is 0.874. The SMILES string of the molecule is CN(Cc1cscn1)c1nc(Cl)ccc1C(=O)O. The van der Waals surface area contributed by atoms with Crippen molar-refractivity contribution in [2.24, 2.45) is 0 Å². The summed E-state index contributed by atoms with van der Waals surface area (Å²) in [6.45, 7) is 0.483. The lowest BCUT2D eigenvalue weighted by Crippen LogP contribution is -2.21. The average Bonchev–Trinajstić information content (AvgIpc) is 2.81. The van der Waals surface area contributed by atoms with Crippen molar-refractivity contribution in [3.05, 3.63) is 39.4 Å². The van der Waals surface area contributed by atoms with Gasteiger partial charge in [-0.3, -0.25) is 0 Å². The maximum atomic E-state index is 11.1. The van der Waals surface area contributed by atoms with Crippen LogP contribution in [0.25, 0.3) is 0 Å². The molecule has 18 heavy (non-hydrogen) atoms. The van der Waals surface area contributed by atoms with Gasteiger partial charge in [0.2, 0.25) is 0 Å². The van der Waals surface area contributed by atoms with Crippen molar-refractivity contribution in [2.75, 3.05) is 11.9 Å². The molecule has 2 rings (SSSR count). The van der Waals surface area contributed by atoms with Gasteiger partial charge in [0.25, 0.3) is 0 Å². The van der Waals surface area contributed by atoms with E-state index in [2.05, 4.69) is 9.97 Å². The molecule has 2 aromatic rings. The molecule has 0 aliphatic heterocycles. The van der Waals surface area contributed by atoms with Gasteiger partial charge in [-0.25, -0.2) is 14.8 Å². The second-order valence-electron chi connectivity index (χ2n) is 3.65. The molecule has 5 nitrogen and oxygen atoms in total. The monoisotopic (exact) mass is 283 g/mol. The first kappa shape index (κ1) is 12.8. The van der Waals surface area contributed by atoms with Gasteiger partial charge in [-0.15, -0.1) is 11.3 Å². The van der Waals surface area contributed by atoms with E-state index in [1.807, 2.05) is 5.38 Å². The minimum absolute atomic E-state index is 0.122. The molecule has 0 unspecified atom stereocenters. The van der Waals surface area contributed by atoms with Crippen LogP contribution < -0.4 is 4.90 Å². The van der Waals surface area contributed by atoms with Gasteiger partial charge in [-0.1, -0.05) is 11.6 Å². The Morgan fingerprint density at radius 2 is 2.33 bits per heavy atom. The highest BCUT2D eigenvalue weighted by molar-refractivity contribution is 7.07. The summed E-state index contributed by atoms with van der Waals surface area (Å²) in [6, 6.07) is 2.91. The molecule has 0 saturated carbocycles. The second-order valence-corrected chi connectivity index (χ2v) is 4.75. The zero-order valence-electron chi connectivity index (χ0n) is 9.50. The largest absolute Gasteiger partial charge is 0.478 e. The van der Waals surface area contributed by atoms with Crippen LogP contribution in [0.1, 0.15) is 16.1 Å². The van der Waals surface area contributed by atoms with E-state index in [1.165, 1.54) is 23.5 Å². The first-order chi connectivity index (χ1) is 8.58. The molecule has 0 atom stereocenters. The van der Waals surface area contributed by atoms with E-state index in [4.69, 9.17) is 16.7 Å². The predicted octanol–water partition coefficient (Wildman–Crippen LogP) is 2.53. The van der Waals surface area contributed by atoms with Crippen LogP contribution in [-0.4, -0.2) is 28.1 Å². The number of aromatic nitrogens is 2. The summed E-state index contributed by atoms with van der Waals surface area (Å²) in [5.41, 5.74) is 2.71. The van der Waals surface area contributed by atoms with Crippen molar-refractivity contribution < 1.29 is 9.90 Å². The molecule has 0 aliphatic rings. The van der Waals surface area contributed by atoms with E-state index in [-0.39, 0.29) is 10.7 Å². The van der Waals surface area contributed by atoms with Crippen molar-refractivity contribution >= 4 is 34.7 Å². The van der Waals surface area contributed by atoms with E-state index >= 15 is 0 Å². The van der Waals surface area contributed by atoms with Crippen molar-refractivity contribution in [3.8, 4) is 0 Å². The normalized spacial score (nSPS) is 10.3. The number of halogens is 1. The first-order valence-electron chi connectivity index (χ1n) is 5.06. The Hall–Kier alpha value is -1.66.